The first-order valence-corrected chi connectivity index (χ1v) is 8.43. The summed E-state index contributed by atoms with van der Waals surface area (Å²) in [7, 11) is 0. The molecule has 5 heteroatoms. The zero-order valence-corrected chi connectivity index (χ0v) is 13.3. The van der Waals surface area contributed by atoms with Crippen molar-refractivity contribution in [3.05, 3.63) is 60.2 Å². The first-order chi connectivity index (χ1) is 11.2. The molecule has 0 saturated heterocycles. The van der Waals surface area contributed by atoms with Crippen LogP contribution in [0.1, 0.15) is 12.0 Å². The van der Waals surface area contributed by atoms with Crippen molar-refractivity contribution < 1.29 is 14.3 Å². The van der Waals surface area contributed by atoms with Crippen molar-refractivity contribution in [1.29, 1.82) is 0 Å². The van der Waals surface area contributed by atoms with Gasteiger partial charge in [-0.15, -0.1) is 11.8 Å². The van der Waals surface area contributed by atoms with Crippen molar-refractivity contribution in [2.75, 3.05) is 11.1 Å². The number of hydrogen-bond acceptors (Lipinski definition) is 4. The number of para-hydroxylation sites is 1. The quantitative estimate of drug-likeness (QED) is 0.874. The van der Waals surface area contributed by atoms with Gasteiger partial charge in [0.2, 0.25) is 5.91 Å². The molecule has 4 nitrogen and oxygen atoms in total. The van der Waals surface area contributed by atoms with Crippen molar-refractivity contribution in [2.24, 2.45) is 5.92 Å². The smallest absolute Gasteiger partial charge is 0.306 e. The van der Waals surface area contributed by atoms with Crippen LogP contribution in [0.25, 0.3) is 0 Å². The van der Waals surface area contributed by atoms with E-state index >= 15 is 0 Å². The fourth-order valence-corrected chi connectivity index (χ4v) is 3.45. The molecule has 0 aromatic heterocycles. The van der Waals surface area contributed by atoms with Crippen molar-refractivity contribution in [2.45, 2.75) is 17.9 Å². The summed E-state index contributed by atoms with van der Waals surface area (Å²) in [5, 5.41) is 2.88. The number of nitrogens with one attached hydrogen (secondary N) is 1. The molecule has 1 aliphatic heterocycles. The average molecular weight is 327 g/mol. The Labute approximate surface area is 139 Å². The number of anilines is 1. The molecule has 0 aliphatic carbocycles. The van der Waals surface area contributed by atoms with Crippen molar-refractivity contribution in [3.8, 4) is 0 Å². The van der Waals surface area contributed by atoms with E-state index in [1.165, 1.54) is 0 Å². The third kappa shape index (κ3) is 4.13. The highest BCUT2D eigenvalue weighted by Gasteiger charge is 2.26. The highest BCUT2D eigenvalue weighted by molar-refractivity contribution is 7.99. The summed E-state index contributed by atoms with van der Waals surface area (Å²) in [6.07, 6.45) is 0.0969. The van der Waals surface area contributed by atoms with E-state index in [2.05, 4.69) is 5.32 Å². The van der Waals surface area contributed by atoms with Crippen LogP contribution in [0, 0.1) is 5.92 Å². The van der Waals surface area contributed by atoms with Gasteiger partial charge in [0.25, 0.3) is 0 Å². The highest BCUT2D eigenvalue weighted by Crippen LogP contribution is 2.33. The monoisotopic (exact) mass is 327 g/mol. The van der Waals surface area contributed by atoms with Gasteiger partial charge in [0, 0.05) is 10.6 Å². The van der Waals surface area contributed by atoms with Gasteiger partial charge in [0.15, 0.2) is 0 Å². The minimum atomic E-state index is -0.379. The Morgan fingerprint density at radius 1 is 1.13 bits per heavy atom. The predicted molar refractivity (Wildman–Crippen MR) is 90.1 cm³/mol. The Balaban J connectivity index is 1.56. The molecule has 0 bridgehead atoms. The summed E-state index contributed by atoms with van der Waals surface area (Å²) >= 11 is 1.59. The SMILES string of the molecule is O=C(CC1CSc2ccccc2NC1=O)OCc1ccccc1. The third-order valence-electron chi connectivity index (χ3n) is 3.61. The van der Waals surface area contributed by atoms with Crippen molar-refractivity contribution in [3.63, 3.8) is 0 Å². The van der Waals surface area contributed by atoms with E-state index in [1.807, 2.05) is 54.6 Å². The molecule has 1 heterocycles. The van der Waals surface area contributed by atoms with E-state index in [1.54, 1.807) is 11.8 Å². The number of ether oxygens (including phenoxy) is 1. The van der Waals surface area contributed by atoms with Gasteiger partial charge in [0.05, 0.1) is 18.0 Å². The maximum absolute atomic E-state index is 12.3. The number of hydrogen-bond donors (Lipinski definition) is 1. The van der Waals surface area contributed by atoms with E-state index in [-0.39, 0.29) is 30.8 Å². The number of amides is 1. The molecule has 1 unspecified atom stereocenters. The van der Waals surface area contributed by atoms with Crippen LogP contribution in [0.5, 0.6) is 0 Å². The van der Waals surface area contributed by atoms with Crippen LogP contribution in [0.15, 0.2) is 59.5 Å². The lowest BCUT2D eigenvalue weighted by Crippen LogP contribution is -2.26. The minimum Gasteiger partial charge on any atom is -0.461 e. The highest BCUT2D eigenvalue weighted by atomic mass is 32.2. The van der Waals surface area contributed by atoms with E-state index in [9.17, 15) is 9.59 Å². The molecule has 0 radical (unpaired) electrons. The van der Waals surface area contributed by atoms with Gasteiger partial charge in [-0.25, -0.2) is 0 Å². The van der Waals surface area contributed by atoms with Crippen LogP contribution in [0.3, 0.4) is 0 Å². The molecular formula is C18H17NO3S. The molecule has 2 aromatic rings. The summed E-state index contributed by atoms with van der Waals surface area (Å²) in [6, 6.07) is 17.2. The molecule has 0 fully saturated rings. The van der Waals surface area contributed by atoms with Crippen LogP contribution in [-0.4, -0.2) is 17.6 Å². The van der Waals surface area contributed by atoms with E-state index < -0.39 is 0 Å². The average Bonchev–Trinajstić information content (AvgIpc) is 2.73. The molecule has 2 aromatic carbocycles. The Hall–Kier alpha value is -2.27. The molecule has 1 N–H and O–H groups in total. The summed E-state index contributed by atoms with van der Waals surface area (Å²) < 4.78 is 5.27. The van der Waals surface area contributed by atoms with Gasteiger partial charge in [-0.2, -0.15) is 0 Å². The number of benzene rings is 2. The Morgan fingerprint density at radius 3 is 2.70 bits per heavy atom. The van der Waals surface area contributed by atoms with Gasteiger partial charge in [-0.1, -0.05) is 42.5 Å². The Morgan fingerprint density at radius 2 is 1.87 bits per heavy atom. The first-order valence-electron chi connectivity index (χ1n) is 7.44. The van der Waals surface area contributed by atoms with Gasteiger partial charge >= 0.3 is 5.97 Å². The lowest BCUT2D eigenvalue weighted by Gasteiger charge is -2.12. The second-order valence-corrected chi connectivity index (χ2v) is 6.41. The third-order valence-corrected chi connectivity index (χ3v) is 4.85. The molecule has 3 rings (SSSR count). The second kappa shape index (κ2) is 7.33. The van der Waals surface area contributed by atoms with Crippen LogP contribution in [-0.2, 0) is 20.9 Å². The lowest BCUT2D eigenvalue weighted by atomic mass is 10.1. The number of carbonyl (C=O) groups is 2. The van der Waals surface area contributed by atoms with Gasteiger partial charge in [-0.3, -0.25) is 9.59 Å². The van der Waals surface area contributed by atoms with Crippen LogP contribution in [0.4, 0.5) is 5.69 Å². The molecular weight excluding hydrogens is 310 g/mol. The molecule has 0 spiro atoms. The van der Waals surface area contributed by atoms with E-state index in [0.717, 1.165) is 16.1 Å². The van der Waals surface area contributed by atoms with Crippen LogP contribution < -0.4 is 5.32 Å². The van der Waals surface area contributed by atoms with Crippen LogP contribution >= 0.6 is 11.8 Å². The lowest BCUT2D eigenvalue weighted by molar-refractivity contribution is -0.147. The number of fused-ring (bicyclic) bond motifs is 1. The molecule has 1 amide bonds. The Kier molecular flexibility index (Phi) is 4.98. The number of thioether (sulfide) groups is 1. The predicted octanol–water partition coefficient (Wildman–Crippen LogP) is 3.48. The standard InChI is InChI=1S/C18H17NO3S/c20-17(22-11-13-6-2-1-3-7-13)10-14-12-23-16-9-5-4-8-15(16)19-18(14)21/h1-9,14H,10-12H2,(H,19,21). The Bertz CT molecular complexity index is 702. The molecule has 1 aliphatic rings. The van der Waals surface area contributed by atoms with E-state index in [4.69, 9.17) is 4.74 Å². The number of carbonyl (C=O) groups excluding carboxylic acids is 2. The molecule has 1 atom stereocenters. The van der Waals surface area contributed by atoms with Gasteiger partial charge < -0.3 is 10.1 Å². The topological polar surface area (TPSA) is 55.4 Å². The fraction of sp³-hybridized carbons (Fsp3) is 0.222. The second-order valence-electron chi connectivity index (χ2n) is 5.34. The summed E-state index contributed by atoms with van der Waals surface area (Å²) in [5.74, 6) is -0.279. The largest absolute Gasteiger partial charge is 0.461 e. The summed E-state index contributed by atoms with van der Waals surface area (Å²) in [5.41, 5.74) is 1.75. The van der Waals surface area contributed by atoms with Crippen molar-refractivity contribution in [1.82, 2.24) is 0 Å². The summed E-state index contributed by atoms with van der Waals surface area (Å²) in [4.78, 5) is 25.3. The maximum Gasteiger partial charge on any atom is 0.306 e. The van der Waals surface area contributed by atoms with E-state index in [0.29, 0.717) is 5.75 Å². The number of esters is 1. The normalized spacial score (nSPS) is 16.9. The zero-order valence-electron chi connectivity index (χ0n) is 12.5. The molecule has 118 valence electrons. The molecule has 23 heavy (non-hydrogen) atoms. The first kappa shape index (κ1) is 15.6. The van der Waals surface area contributed by atoms with Crippen LogP contribution in [0.2, 0.25) is 0 Å². The van der Waals surface area contributed by atoms with Crippen molar-refractivity contribution >= 4 is 29.3 Å². The minimum absolute atomic E-state index is 0.0969. The molecule has 0 saturated carbocycles. The maximum atomic E-state index is 12.3. The summed E-state index contributed by atoms with van der Waals surface area (Å²) in [6.45, 7) is 0.237. The number of rotatable bonds is 4. The fourth-order valence-electron chi connectivity index (χ4n) is 2.35. The van der Waals surface area contributed by atoms with Gasteiger partial charge in [-0.05, 0) is 17.7 Å². The van der Waals surface area contributed by atoms with Gasteiger partial charge in [0.1, 0.15) is 6.61 Å². The zero-order chi connectivity index (χ0) is 16.1.